The lowest BCUT2D eigenvalue weighted by Crippen LogP contribution is -2.59. The van der Waals surface area contributed by atoms with Gasteiger partial charge in [-0.1, -0.05) is 0 Å². The second kappa shape index (κ2) is 25.5. The Bertz CT molecular complexity index is 2460. The Morgan fingerprint density at radius 1 is 0.735 bits per heavy atom. The summed E-state index contributed by atoms with van der Waals surface area (Å²) in [5, 5.41) is 63.7. The zero-order valence-corrected chi connectivity index (χ0v) is 36.0. The summed E-state index contributed by atoms with van der Waals surface area (Å²) in [5.41, 5.74) is 11.7. The summed E-state index contributed by atoms with van der Waals surface area (Å²) in [6, 6.07) is -1.70. The predicted octanol–water partition coefficient (Wildman–Crippen LogP) is -4.15. The largest absolute Gasteiger partial charge is 0.481 e. The van der Waals surface area contributed by atoms with Crippen LogP contribution in [0.3, 0.4) is 0 Å². The molecule has 0 radical (unpaired) electrons. The lowest BCUT2D eigenvalue weighted by atomic mass is 10.1. The standard InChI is InChI=1S/C39H50N14O15/c1-43-33(62)23(12-28(55)56)51-36(65)25(14-30(59)60)52-34(63)20(3-2-10-44-39(41)42)49-35(64)24(13-29(57)58)48-27(54)9-8-21(38(67)68)50-32(61)17-4-6-18(7-5-17)45-15-19-16-46-22-11-26(40)53-37(66)31(22)47-19/h4-7,11,16,20-21,23-25,45H,2-3,8-10,12-15H2,1H3,(H,43,62)(H,48,54)(H,49,64)(H,50,61)(H,51,65)(H,52,63)(H,55,56)(H,57,58)(H,59,60)(H,67,68)(H3,40,53,66)(H4,41,42,44)/t20-,21-,23-,24-,25-/m0/s1. The van der Waals surface area contributed by atoms with Crippen LogP contribution in [0.25, 0.3) is 11.0 Å². The van der Waals surface area contributed by atoms with E-state index in [1.54, 1.807) is 0 Å². The number of fused-ring (bicyclic) bond motifs is 1. The molecule has 68 heavy (non-hydrogen) atoms. The van der Waals surface area contributed by atoms with Crippen LogP contribution in [0.2, 0.25) is 0 Å². The average Bonchev–Trinajstić information content (AvgIpc) is 3.26. The summed E-state index contributed by atoms with van der Waals surface area (Å²) in [7, 11) is 1.14. The molecule has 3 aromatic rings. The Morgan fingerprint density at radius 3 is 1.82 bits per heavy atom. The van der Waals surface area contributed by atoms with Crippen LogP contribution in [-0.4, -0.2) is 144 Å². The van der Waals surface area contributed by atoms with E-state index >= 15 is 0 Å². The molecule has 2 aromatic heterocycles. The molecule has 0 aliphatic carbocycles. The molecule has 0 aliphatic heterocycles. The van der Waals surface area contributed by atoms with Gasteiger partial charge in [0.1, 0.15) is 36.0 Å². The number of guanidine groups is 1. The van der Waals surface area contributed by atoms with Crippen molar-refractivity contribution in [2.24, 2.45) is 5.73 Å². The number of carbonyl (C=O) groups is 10. The van der Waals surface area contributed by atoms with Crippen molar-refractivity contribution >= 4 is 87.8 Å². The lowest BCUT2D eigenvalue weighted by Gasteiger charge is -2.25. The molecule has 2 heterocycles. The van der Waals surface area contributed by atoms with Crippen molar-refractivity contribution in [3.05, 3.63) is 58.1 Å². The Labute approximate surface area is 383 Å². The molecule has 6 amide bonds. The third kappa shape index (κ3) is 17.6. The fraction of sp³-hybridized carbons (Fsp3) is 0.385. The summed E-state index contributed by atoms with van der Waals surface area (Å²) >= 11 is 0. The number of aliphatic carboxylic acids is 4. The molecule has 0 unspecified atom stereocenters. The van der Waals surface area contributed by atoms with Crippen molar-refractivity contribution in [3.63, 3.8) is 0 Å². The molecule has 0 aliphatic rings. The van der Waals surface area contributed by atoms with Gasteiger partial charge in [0.2, 0.25) is 29.5 Å². The van der Waals surface area contributed by atoms with E-state index in [4.69, 9.17) is 22.0 Å². The smallest absolute Gasteiger partial charge is 0.326 e. The van der Waals surface area contributed by atoms with E-state index in [0.29, 0.717) is 16.9 Å². The Balaban J connectivity index is 1.67. The average molecular weight is 955 g/mol. The third-order valence-electron chi connectivity index (χ3n) is 9.42. The topological polar surface area (TPSA) is 482 Å². The van der Waals surface area contributed by atoms with E-state index in [1.807, 2.05) is 5.32 Å². The van der Waals surface area contributed by atoms with E-state index < -0.39 is 133 Å². The zero-order valence-electron chi connectivity index (χ0n) is 36.0. The summed E-state index contributed by atoms with van der Waals surface area (Å²) in [5.74, 6) is -13.3. The van der Waals surface area contributed by atoms with Crippen LogP contribution >= 0.6 is 0 Å². The highest BCUT2D eigenvalue weighted by molar-refractivity contribution is 5.99. The quantitative estimate of drug-likeness (QED) is 0.0196. The van der Waals surface area contributed by atoms with E-state index in [1.165, 1.54) is 36.5 Å². The normalized spacial score (nSPS) is 12.9. The molecule has 0 saturated heterocycles. The van der Waals surface area contributed by atoms with Gasteiger partial charge >= 0.3 is 23.9 Å². The number of aromatic nitrogens is 3. The van der Waals surface area contributed by atoms with Crippen molar-refractivity contribution < 1.29 is 68.4 Å². The minimum Gasteiger partial charge on any atom is -0.481 e. The maximum atomic E-state index is 13.5. The number of carboxylic acid groups (broad SMARTS) is 4. The number of aromatic amines is 1. The van der Waals surface area contributed by atoms with Crippen LogP contribution in [0.1, 0.15) is 61.0 Å². The van der Waals surface area contributed by atoms with Crippen molar-refractivity contribution in [2.45, 2.75) is 81.7 Å². The molecule has 3 rings (SSSR count). The first-order chi connectivity index (χ1) is 32.1. The number of likely N-dealkylation sites (N-methyl/N-ethyl adjacent to an activating group) is 1. The highest BCUT2D eigenvalue weighted by atomic mass is 16.4. The lowest BCUT2D eigenvalue weighted by molar-refractivity contribution is -0.143. The van der Waals surface area contributed by atoms with Crippen molar-refractivity contribution in [3.8, 4) is 0 Å². The first-order valence-corrected chi connectivity index (χ1v) is 20.2. The molecular formula is C39H50N14O15. The third-order valence-corrected chi connectivity index (χ3v) is 9.42. The number of hydrogen-bond donors (Lipinski definition) is 16. The summed E-state index contributed by atoms with van der Waals surface area (Å²) in [4.78, 5) is 148. The number of hydrogen-bond acceptors (Lipinski definition) is 16. The van der Waals surface area contributed by atoms with E-state index in [-0.39, 0.29) is 42.8 Å². The minimum atomic E-state index is -1.96. The van der Waals surface area contributed by atoms with Crippen LogP contribution in [0.15, 0.2) is 41.3 Å². The number of nitrogens with one attached hydrogen (secondary N) is 10. The molecule has 1 aromatic carbocycles. The highest BCUT2D eigenvalue weighted by Crippen LogP contribution is 2.14. The molecule has 18 N–H and O–H groups in total. The number of nitrogen functional groups attached to an aromatic ring is 1. The van der Waals surface area contributed by atoms with E-state index in [2.05, 4.69) is 52.2 Å². The van der Waals surface area contributed by atoms with Crippen LogP contribution in [0, 0.1) is 5.41 Å². The van der Waals surface area contributed by atoms with Crippen molar-refractivity contribution in [1.29, 1.82) is 5.41 Å². The highest BCUT2D eigenvalue weighted by Gasteiger charge is 2.34. The second-order valence-corrected chi connectivity index (χ2v) is 14.7. The number of pyridine rings is 1. The summed E-state index contributed by atoms with van der Waals surface area (Å²) in [6.07, 6.45) is -3.23. The van der Waals surface area contributed by atoms with Gasteiger partial charge in [0.15, 0.2) is 11.5 Å². The summed E-state index contributed by atoms with van der Waals surface area (Å²) < 4.78 is 0. The number of H-pyrrole nitrogens is 1. The number of amides is 6. The number of benzene rings is 1. The fourth-order valence-corrected chi connectivity index (χ4v) is 6.08. The first-order valence-electron chi connectivity index (χ1n) is 20.2. The molecule has 29 heteroatoms. The van der Waals surface area contributed by atoms with Gasteiger partial charge in [0.25, 0.3) is 11.5 Å². The van der Waals surface area contributed by atoms with Crippen LogP contribution in [-0.2, 0) is 49.7 Å². The molecule has 366 valence electrons. The van der Waals surface area contributed by atoms with Crippen LogP contribution in [0.4, 0.5) is 11.5 Å². The number of anilines is 2. The minimum absolute atomic E-state index is 0.0240. The Kier molecular flexibility index (Phi) is 20.1. The molecule has 0 saturated carbocycles. The molecule has 5 atom stereocenters. The van der Waals surface area contributed by atoms with Gasteiger partial charge < -0.3 is 79.4 Å². The maximum absolute atomic E-state index is 13.5. The number of rotatable bonds is 27. The molecule has 29 nitrogen and oxygen atoms in total. The van der Waals surface area contributed by atoms with Gasteiger partial charge in [-0.05, 0) is 43.5 Å². The van der Waals surface area contributed by atoms with Crippen molar-refractivity contribution in [1.82, 2.24) is 52.2 Å². The predicted molar refractivity (Wildman–Crippen MR) is 234 cm³/mol. The summed E-state index contributed by atoms with van der Waals surface area (Å²) in [6.45, 7) is 0.0732. The van der Waals surface area contributed by atoms with Crippen molar-refractivity contribution in [2.75, 3.05) is 24.6 Å². The number of nitrogens with two attached hydrogens (primary N) is 2. The molecular weight excluding hydrogens is 905 g/mol. The van der Waals surface area contributed by atoms with Gasteiger partial charge in [-0.25, -0.2) is 9.78 Å². The number of carboxylic acids is 4. The van der Waals surface area contributed by atoms with Crippen LogP contribution < -0.4 is 59.6 Å². The van der Waals surface area contributed by atoms with Gasteiger partial charge in [-0.2, -0.15) is 0 Å². The second-order valence-electron chi connectivity index (χ2n) is 14.7. The maximum Gasteiger partial charge on any atom is 0.326 e. The van der Waals surface area contributed by atoms with Gasteiger partial charge in [-0.3, -0.25) is 58.3 Å². The molecule has 0 bridgehead atoms. The fourth-order valence-electron chi connectivity index (χ4n) is 6.08. The SMILES string of the molecule is CNC(=O)[C@H](CC(=O)O)NC(=O)[C@H](CC(=O)O)NC(=O)[C@H](CCCNC(=N)N)NC(=O)[C@H](CC(=O)O)NC(=O)CC[C@H](NC(=O)c1ccc(NCc2cnc3cc(N)[nH]c(=O)c3n2)cc1)C(=O)O. The van der Waals surface area contributed by atoms with Crippen LogP contribution in [0.5, 0.6) is 0 Å². The van der Waals surface area contributed by atoms with E-state index in [0.717, 1.165) is 7.05 Å². The van der Waals surface area contributed by atoms with E-state index in [9.17, 15) is 68.1 Å². The Hall–Kier alpha value is -8.92. The van der Waals surface area contributed by atoms with Gasteiger partial charge in [0, 0.05) is 37.3 Å². The Morgan fingerprint density at radius 2 is 1.28 bits per heavy atom. The van der Waals surface area contributed by atoms with Gasteiger partial charge in [0.05, 0.1) is 43.2 Å². The zero-order chi connectivity index (χ0) is 50.7. The number of nitrogens with zero attached hydrogens (tertiary/aromatic N) is 2. The monoisotopic (exact) mass is 954 g/mol. The molecule has 0 fully saturated rings. The first kappa shape index (κ1) is 53.4. The molecule has 0 spiro atoms. The number of carbonyl (C=O) groups excluding carboxylic acids is 6. The van der Waals surface area contributed by atoms with Gasteiger partial charge in [-0.15, -0.1) is 0 Å².